The smallest absolute Gasteiger partial charge is 0.312 e. The second kappa shape index (κ2) is 7.04. The number of rotatable bonds is 2. The van der Waals surface area contributed by atoms with Gasteiger partial charge in [0, 0.05) is 45.8 Å². The highest BCUT2D eigenvalue weighted by Gasteiger charge is 2.30. The molecule has 0 saturated carbocycles. The molecule has 2 aliphatic heterocycles. The molecule has 114 valence electrons. The quantitative estimate of drug-likeness (QED) is 0.675. The molecule has 0 aliphatic carbocycles. The Morgan fingerprint density at radius 2 is 1.50 bits per heavy atom. The fourth-order valence-electron chi connectivity index (χ4n) is 2.97. The first-order valence-corrected chi connectivity index (χ1v) is 7.51. The van der Waals surface area contributed by atoms with Crippen LogP contribution >= 0.6 is 0 Å². The Morgan fingerprint density at radius 3 is 2.00 bits per heavy atom. The van der Waals surface area contributed by atoms with Crippen molar-refractivity contribution in [1.29, 1.82) is 0 Å². The summed E-state index contributed by atoms with van der Waals surface area (Å²) in [6.07, 6.45) is 2.00. The molecule has 6 heteroatoms. The van der Waals surface area contributed by atoms with E-state index in [0.29, 0.717) is 19.0 Å². The Bertz CT molecular complexity index is 345. The predicted molar refractivity (Wildman–Crippen MR) is 77.3 cm³/mol. The summed E-state index contributed by atoms with van der Waals surface area (Å²) in [5.41, 5.74) is 0. The molecule has 0 radical (unpaired) electrons. The van der Waals surface area contributed by atoms with Crippen molar-refractivity contribution in [2.45, 2.75) is 12.8 Å². The van der Waals surface area contributed by atoms with Gasteiger partial charge in [-0.3, -0.25) is 9.59 Å². The molecule has 0 spiro atoms. The van der Waals surface area contributed by atoms with E-state index in [4.69, 9.17) is 0 Å². The monoisotopic (exact) mass is 282 g/mol. The van der Waals surface area contributed by atoms with Crippen LogP contribution in [-0.4, -0.2) is 86.4 Å². The van der Waals surface area contributed by atoms with Crippen molar-refractivity contribution >= 4 is 11.8 Å². The van der Waals surface area contributed by atoms with Crippen molar-refractivity contribution in [2.75, 3.05) is 59.9 Å². The summed E-state index contributed by atoms with van der Waals surface area (Å²) in [6.45, 7) is 5.34. The first kappa shape index (κ1) is 15.3. The number of piperidine rings is 1. The summed E-state index contributed by atoms with van der Waals surface area (Å²) in [5.74, 6) is 0.0103. The minimum atomic E-state index is -0.322. The third-order valence-corrected chi connectivity index (χ3v) is 4.11. The summed E-state index contributed by atoms with van der Waals surface area (Å²) in [7, 11) is 4.15. The number of likely N-dealkylation sites (tertiary alicyclic amines) is 1. The highest BCUT2D eigenvalue weighted by molar-refractivity contribution is 6.34. The van der Waals surface area contributed by atoms with E-state index in [9.17, 15) is 9.59 Å². The minimum absolute atomic E-state index is 0.310. The molecule has 20 heavy (non-hydrogen) atoms. The van der Waals surface area contributed by atoms with Gasteiger partial charge in [-0.05, 0) is 32.9 Å². The van der Waals surface area contributed by atoms with Crippen LogP contribution in [0.2, 0.25) is 0 Å². The van der Waals surface area contributed by atoms with E-state index in [1.165, 1.54) is 0 Å². The third kappa shape index (κ3) is 3.93. The maximum atomic E-state index is 12.2. The molecule has 2 fully saturated rings. The van der Waals surface area contributed by atoms with Crippen molar-refractivity contribution in [1.82, 2.24) is 20.0 Å². The van der Waals surface area contributed by atoms with Gasteiger partial charge >= 0.3 is 11.8 Å². The molecule has 2 heterocycles. The maximum absolute atomic E-state index is 12.2. The van der Waals surface area contributed by atoms with Crippen LogP contribution in [0.5, 0.6) is 0 Å². The van der Waals surface area contributed by atoms with Crippen molar-refractivity contribution in [2.24, 2.45) is 5.92 Å². The fraction of sp³-hybridized carbons (Fsp3) is 0.857. The van der Waals surface area contributed by atoms with Crippen LogP contribution in [0.1, 0.15) is 12.8 Å². The van der Waals surface area contributed by atoms with E-state index in [2.05, 4.69) is 24.3 Å². The lowest BCUT2D eigenvalue weighted by molar-refractivity contribution is -0.153. The van der Waals surface area contributed by atoms with Crippen molar-refractivity contribution in [3.63, 3.8) is 0 Å². The molecule has 0 aromatic heterocycles. The molecule has 2 aliphatic rings. The highest BCUT2D eigenvalue weighted by atomic mass is 16.2. The van der Waals surface area contributed by atoms with Gasteiger partial charge in [-0.2, -0.15) is 0 Å². The fourth-order valence-corrected chi connectivity index (χ4v) is 2.97. The van der Waals surface area contributed by atoms with Gasteiger partial charge < -0.3 is 20.0 Å². The zero-order valence-corrected chi connectivity index (χ0v) is 12.6. The van der Waals surface area contributed by atoms with Crippen LogP contribution in [0, 0.1) is 5.92 Å². The number of piperazine rings is 1. The molecule has 2 amide bonds. The first-order valence-electron chi connectivity index (χ1n) is 7.51. The molecule has 6 nitrogen and oxygen atoms in total. The van der Waals surface area contributed by atoms with Crippen molar-refractivity contribution < 1.29 is 9.59 Å². The molecule has 0 bridgehead atoms. The number of hydrogen-bond donors (Lipinski definition) is 1. The average molecular weight is 282 g/mol. The summed E-state index contributed by atoms with van der Waals surface area (Å²) in [5, 5.41) is 3.19. The first-order chi connectivity index (χ1) is 9.58. The van der Waals surface area contributed by atoms with Gasteiger partial charge in [0.15, 0.2) is 0 Å². The third-order valence-electron chi connectivity index (χ3n) is 4.11. The number of hydrogen-bond acceptors (Lipinski definition) is 4. The van der Waals surface area contributed by atoms with Crippen LogP contribution in [-0.2, 0) is 9.59 Å². The number of carbonyl (C=O) groups excluding carboxylic acids is 2. The molecule has 2 rings (SSSR count). The van der Waals surface area contributed by atoms with E-state index in [-0.39, 0.29) is 11.8 Å². The van der Waals surface area contributed by atoms with Crippen LogP contribution < -0.4 is 5.32 Å². The van der Waals surface area contributed by atoms with Crippen molar-refractivity contribution in [3.8, 4) is 0 Å². The van der Waals surface area contributed by atoms with E-state index in [1.807, 2.05) is 0 Å². The molecule has 0 atom stereocenters. The molecular formula is C14H26N4O2. The lowest BCUT2D eigenvalue weighted by atomic mass is 9.96. The Balaban J connectivity index is 1.80. The number of amides is 2. The zero-order chi connectivity index (χ0) is 14.5. The van der Waals surface area contributed by atoms with Crippen LogP contribution in [0.3, 0.4) is 0 Å². The van der Waals surface area contributed by atoms with E-state index < -0.39 is 0 Å². The predicted octanol–water partition coefficient (Wildman–Crippen LogP) is -0.782. The molecular weight excluding hydrogens is 256 g/mol. The normalized spacial score (nSPS) is 21.4. The van der Waals surface area contributed by atoms with E-state index in [1.54, 1.807) is 9.80 Å². The van der Waals surface area contributed by atoms with Gasteiger partial charge in [-0.15, -0.1) is 0 Å². The summed E-state index contributed by atoms with van der Waals surface area (Å²) in [4.78, 5) is 30.0. The highest BCUT2D eigenvalue weighted by Crippen LogP contribution is 2.18. The van der Waals surface area contributed by atoms with E-state index in [0.717, 1.165) is 45.6 Å². The molecule has 0 aromatic carbocycles. The zero-order valence-electron chi connectivity index (χ0n) is 12.6. The number of carbonyl (C=O) groups is 2. The van der Waals surface area contributed by atoms with Gasteiger partial charge in [-0.25, -0.2) is 0 Å². The molecule has 2 saturated heterocycles. The average Bonchev–Trinajstić information content (AvgIpc) is 2.47. The van der Waals surface area contributed by atoms with Crippen LogP contribution in [0.15, 0.2) is 0 Å². The summed E-state index contributed by atoms with van der Waals surface area (Å²) in [6, 6.07) is 0. The Kier molecular flexibility index (Phi) is 5.37. The second-order valence-corrected chi connectivity index (χ2v) is 6.04. The lowest BCUT2D eigenvalue weighted by Crippen LogP contribution is -2.53. The minimum Gasteiger partial charge on any atom is -0.334 e. The standard InChI is InChI=1S/C14H26N4O2/c1-16(2)11-12-3-7-17(8-4-12)13(19)14(20)18-9-5-15-6-10-18/h12,15H,3-11H2,1-2H3. The van der Waals surface area contributed by atoms with Gasteiger partial charge in [0.05, 0.1) is 0 Å². The SMILES string of the molecule is CN(C)CC1CCN(C(=O)C(=O)N2CCNCC2)CC1. The number of nitrogens with zero attached hydrogens (tertiary/aromatic N) is 3. The largest absolute Gasteiger partial charge is 0.334 e. The van der Waals surface area contributed by atoms with Crippen molar-refractivity contribution in [3.05, 3.63) is 0 Å². The van der Waals surface area contributed by atoms with Gasteiger partial charge in [0.1, 0.15) is 0 Å². The maximum Gasteiger partial charge on any atom is 0.312 e. The summed E-state index contributed by atoms with van der Waals surface area (Å²) < 4.78 is 0. The van der Waals surface area contributed by atoms with Crippen LogP contribution in [0.4, 0.5) is 0 Å². The topological polar surface area (TPSA) is 55.9 Å². The Labute approximate surface area is 121 Å². The molecule has 0 unspecified atom stereocenters. The number of nitrogens with one attached hydrogen (secondary N) is 1. The Hall–Kier alpha value is -1.14. The van der Waals surface area contributed by atoms with E-state index >= 15 is 0 Å². The Morgan fingerprint density at radius 1 is 1.00 bits per heavy atom. The van der Waals surface area contributed by atoms with Gasteiger partial charge in [0.25, 0.3) is 0 Å². The summed E-state index contributed by atoms with van der Waals surface area (Å²) >= 11 is 0. The molecule has 0 aromatic rings. The van der Waals surface area contributed by atoms with Gasteiger partial charge in [0.2, 0.25) is 0 Å². The molecule has 1 N–H and O–H groups in total. The second-order valence-electron chi connectivity index (χ2n) is 6.04. The lowest BCUT2D eigenvalue weighted by Gasteiger charge is -2.34. The van der Waals surface area contributed by atoms with Crippen LogP contribution in [0.25, 0.3) is 0 Å². The van der Waals surface area contributed by atoms with Gasteiger partial charge in [-0.1, -0.05) is 0 Å².